The van der Waals surface area contributed by atoms with E-state index < -0.39 is 35.8 Å². The first-order valence-corrected chi connectivity index (χ1v) is 17.1. The molecule has 0 unspecified atom stereocenters. The van der Waals surface area contributed by atoms with Crippen molar-refractivity contribution in [2.45, 2.75) is 92.3 Å². The first-order valence-electron chi connectivity index (χ1n) is 17.1. The van der Waals surface area contributed by atoms with Gasteiger partial charge in [-0.1, -0.05) is 167 Å². The van der Waals surface area contributed by atoms with Gasteiger partial charge in [-0.3, -0.25) is 0 Å². The van der Waals surface area contributed by atoms with E-state index in [1.807, 2.05) is 36.4 Å². The van der Waals surface area contributed by atoms with Gasteiger partial charge in [0.15, 0.2) is 0 Å². The Balaban J connectivity index is -0.000000109. The summed E-state index contributed by atoms with van der Waals surface area (Å²) in [7, 11) is 0. The summed E-state index contributed by atoms with van der Waals surface area (Å²) >= 11 is 0. The van der Waals surface area contributed by atoms with Gasteiger partial charge in [-0.25, -0.2) is 9.59 Å². The van der Waals surface area contributed by atoms with Gasteiger partial charge >= 0.3 is 59.8 Å². The first-order chi connectivity index (χ1) is 25.6. The van der Waals surface area contributed by atoms with E-state index >= 15 is 0 Å². The van der Waals surface area contributed by atoms with E-state index in [1.54, 1.807) is 24.3 Å². The molecule has 56 heavy (non-hydrogen) atoms. The molecule has 0 spiro atoms. The standard InChI is InChI=1S/2C11H10O4.C4H4O4.4C4H9.2Sn/c2*12-10(13)6-7-11(14)15-8-9-4-2-1-3-5-9;5-3(6)1-2-4(7)8;4*1-3-4-2;;/h2*1-7H,8H2,(H,12,13);1-2H,(H,5,6)(H,7,8);4*1,3-4H2,2H3;;/q;;;;;;;2*+2/p-4/b2*7-6+;2-1+;;;;;;. The Bertz CT molecular complexity index is 1180. The molecule has 0 aliphatic heterocycles. The monoisotopic (exact) mass is 992 g/mol. The van der Waals surface area contributed by atoms with Crippen LogP contribution in [0.5, 0.6) is 0 Å². The maximum absolute atomic E-state index is 10.9. The molecule has 0 heterocycles. The topological polar surface area (TPSA) is 213 Å². The van der Waals surface area contributed by atoms with Crippen LogP contribution in [0.1, 0.15) is 90.2 Å². The maximum Gasteiger partial charge on any atom is 2.00 e. The molecule has 2 aromatic carbocycles. The van der Waals surface area contributed by atoms with Gasteiger partial charge in [0.25, 0.3) is 0 Å². The van der Waals surface area contributed by atoms with Crippen molar-refractivity contribution in [1.82, 2.24) is 0 Å². The smallest absolute Gasteiger partial charge is 0.545 e. The second-order valence-electron chi connectivity index (χ2n) is 9.88. The fraction of sp³-hybridized carbons (Fsp3) is 0.333. The first kappa shape index (κ1) is 66.9. The van der Waals surface area contributed by atoms with Crippen molar-refractivity contribution in [2.24, 2.45) is 0 Å². The molecule has 0 aliphatic rings. The molecule has 0 bridgehead atoms. The zero-order chi connectivity index (χ0) is 42.4. The Labute approximate surface area is 368 Å². The summed E-state index contributed by atoms with van der Waals surface area (Å²) in [6, 6.07) is 18.2. The number of carbonyl (C=O) groups excluding carboxylic acids is 6. The summed E-state index contributed by atoms with van der Waals surface area (Å²) in [6.45, 7) is 23.1. The number of carboxylic acids is 4. The molecule has 0 saturated carbocycles. The van der Waals surface area contributed by atoms with Crippen LogP contribution in [0.15, 0.2) is 97.1 Å². The molecule has 0 saturated heterocycles. The van der Waals surface area contributed by atoms with E-state index in [9.17, 15) is 49.2 Å². The largest absolute Gasteiger partial charge is 2.00 e. The van der Waals surface area contributed by atoms with Crippen molar-refractivity contribution in [3.63, 3.8) is 0 Å². The molecule has 8 radical (unpaired) electrons. The van der Waals surface area contributed by atoms with Crippen molar-refractivity contribution >= 4 is 83.6 Å². The van der Waals surface area contributed by atoms with Crippen LogP contribution in [0.3, 0.4) is 0 Å². The second kappa shape index (κ2) is 55.4. The molecular weight excluding hydrogens is 934 g/mol. The summed E-state index contributed by atoms with van der Waals surface area (Å²) in [6.07, 6.45) is 12.8. The van der Waals surface area contributed by atoms with E-state index in [2.05, 4.69) is 55.4 Å². The van der Waals surface area contributed by atoms with Crippen molar-refractivity contribution in [3.8, 4) is 0 Å². The predicted octanol–water partition coefficient (Wildman–Crippen LogP) is 2.83. The molecular formula is C42H56O12Sn2. The Morgan fingerprint density at radius 3 is 0.821 bits per heavy atom. The van der Waals surface area contributed by atoms with Gasteiger partial charge in [-0.2, -0.15) is 0 Å². The number of carboxylic acid groups (broad SMARTS) is 4. The van der Waals surface area contributed by atoms with Crippen LogP contribution in [0.2, 0.25) is 0 Å². The zero-order valence-corrected chi connectivity index (χ0v) is 38.7. The average molecular weight is 990 g/mol. The molecule has 12 nitrogen and oxygen atoms in total. The van der Waals surface area contributed by atoms with E-state index in [0.29, 0.717) is 24.3 Å². The number of benzene rings is 2. The zero-order valence-electron chi connectivity index (χ0n) is 33.0. The van der Waals surface area contributed by atoms with Crippen LogP contribution in [0.25, 0.3) is 0 Å². The van der Waals surface area contributed by atoms with Crippen molar-refractivity contribution in [1.29, 1.82) is 0 Å². The minimum absolute atomic E-state index is 0. The van der Waals surface area contributed by atoms with Crippen LogP contribution in [0, 0.1) is 27.7 Å². The number of carbonyl (C=O) groups is 6. The molecule has 304 valence electrons. The molecule has 0 aromatic heterocycles. The van der Waals surface area contributed by atoms with Gasteiger partial charge in [0.05, 0.1) is 23.9 Å². The van der Waals surface area contributed by atoms with Crippen LogP contribution >= 0.6 is 0 Å². The van der Waals surface area contributed by atoms with E-state index in [1.165, 1.54) is 25.7 Å². The Hall–Kier alpha value is -3.92. The fourth-order valence-corrected chi connectivity index (χ4v) is 1.96. The SMILES string of the molecule is O=C([O-])/C=C/C(=O)OCc1ccccc1.O=C([O-])/C=C/C(=O)OCc1ccccc1.O=C([O-])/C=C/C(=O)[O-].[CH2]CCC.[CH2]CCC.[CH2]CCC.[CH2]CCC.[Sn+2].[Sn+2]. The number of aliphatic carboxylic acids is 4. The number of ether oxygens (including phenoxy) is 2. The molecule has 0 fully saturated rings. The van der Waals surface area contributed by atoms with E-state index in [-0.39, 0.29) is 61.0 Å². The van der Waals surface area contributed by atoms with Crippen molar-refractivity contribution < 1.29 is 58.7 Å². The van der Waals surface area contributed by atoms with Crippen molar-refractivity contribution in [3.05, 3.63) is 136 Å². The van der Waals surface area contributed by atoms with Gasteiger partial charge in [0.1, 0.15) is 13.2 Å². The Morgan fingerprint density at radius 2 is 0.643 bits per heavy atom. The third kappa shape index (κ3) is 71.5. The molecule has 2 aromatic rings. The summed E-state index contributed by atoms with van der Waals surface area (Å²) in [4.78, 5) is 60.6. The molecule has 0 N–H and O–H groups in total. The average Bonchev–Trinajstić information content (AvgIpc) is 3.18. The van der Waals surface area contributed by atoms with Gasteiger partial charge in [0.2, 0.25) is 0 Å². The quantitative estimate of drug-likeness (QED) is 0.152. The minimum atomic E-state index is -1.55. The van der Waals surface area contributed by atoms with Crippen LogP contribution in [-0.2, 0) is 51.5 Å². The molecule has 0 amide bonds. The molecule has 0 aliphatic carbocycles. The summed E-state index contributed by atoms with van der Waals surface area (Å²) in [5, 5.41) is 38.8. The van der Waals surface area contributed by atoms with Crippen LogP contribution in [-0.4, -0.2) is 83.6 Å². The van der Waals surface area contributed by atoms with Crippen molar-refractivity contribution in [2.75, 3.05) is 0 Å². The van der Waals surface area contributed by atoms with Gasteiger partial charge in [-0.05, 0) is 35.4 Å². The number of rotatable bonds is 14. The third-order valence-electron chi connectivity index (χ3n) is 4.93. The molecule has 14 heteroatoms. The summed E-state index contributed by atoms with van der Waals surface area (Å²) in [5.41, 5.74) is 1.68. The van der Waals surface area contributed by atoms with Gasteiger partial charge in [0, 0.05) is 12.2 Å². The summed E-state index contributed by atoms with van der Waals surface area (Å²) < 4.78 is 9.52. The number of unbranched alkanes of at least 4 members (excludes halogenated alkanes) is 4. The fourth-order valence-electron chi connectivity index (χ4n) is 1.96. The minimum Gasteiger partial charge on any atom is -0.545 e. The maximum atomic E-state index is 10.9. The van der Waals surface area contributed by atoms with Crippen LogP contribution < -0.4 is 20.4 Å². The number of hydrogen-bond acceptors (Lipinski definition) is 12. The number of hydrogen-bond donors (Lipinski definition) is 0. The van der Waals surface area contributed by atoms with Gasteiger partial charge in [-0.15, -0.1) is 0 Å². The third-order valence-corrected chi connectivity index (χ3v) is 4.93. The van der Waals surface area contributed by atoms with E-state index in [4.69, 9.17) is 9.47 Å². The molecule has 0 atom stereocenters. The number of esters is 2. The Morgan fingerprint density at radius 1 is 0.446 bits per heavy atom. The van der Waals surface area contributed by atoms with Crippen LogP contribution in [0.4, 0.5) is 0 Å². The Kier molecular flexibility index (Phi) is 66.2. The molecule has 2 rings (SSSR count). The van der Waals surface area contributed by atoms with E-state index in [0.717, 1.165) is 49.0 Å². The normalized spacial score (nSPS) is 8.93. The summed E-state index contributed by atoms with van der Waals surface area (Å²) in [5.74, 6) is -7.35. The van der Waals surface area contributed by atoms with Gasteiger partial charge < -0.3 is 49.1 Å². The second-order valence-corrected chi connectivity index (χ2v) is 9.88. The predicted molar refractivity (Wildman–Crippen MR) is 212 cm³/mol.